The van der Waals surface area contributed by atoms with Crippen molar-refractivity contribution < 1.29 is 22.8 Å². The summed E-state index contributed by atoms with van der Waals surface area (Å²) in [5, 5.41) is 6.66. The fraction of sp³-hybridized carbons (Fsp3) is 0.0526. The van der Waals surface area contributed by atoms with Crippen molar-refractivity contribution in [3.8, 4) is 28.5 Å². The second-order valence-electron chi connectivity index (χ2n) is 5.72. The molecule has 0 aliphatic rings. The third kappa shape index (κ3) is 4.43. The molecule has 0 atom stereocenters. The summed E-state index contributed by atoms with van der Waals surface area (Å²) in [4.78, 5) is 16.6. The third-order valence-corrected chi connectivity index (χ3v) is 4.42. The van der Waals surface area contributed by atoms with Gasteiger partial charge in [-0.05, 0) is 24.3 Å². The van der Waals surface area contributed by atoms with Crippen molar-refractivity contribution in [2.24, 2.45) is 0 Å². The summed E-state index contributed by atoms with van der Waals surface area (Å²) in [6.45, 7) is -2.89. The minimum Gasteiger partial charge on any atom is -0.435 e. The Hall–Kier alpha value is -3.66. The number of halogens is 2. The molecule has 2 heterocycles. The molecule has 7 nitrogen and oxygen atoms in total. The molecule has 10 heteroatoms. The van der Waals surface area contributed by atoms with Crippen molar-refractivity contribution in [3.63, 3.8) is 0 Å². The van der Waals surface area contributed by atoms with Gasteiger partial charge in [0.15, 0.2) is 17.3 Å². The number of ether oxygens (including phenoxy) is 1. The topological polar surface area (TPSA) is 90.1 Å². The highest BCUT2D eigenvalue weighted by Gasteiger charge is 2.16. The van der Waals surface area contributed by atoms with Crippen LogP contribution in [0.15, 0.2) is 65.2 Å². The van der Waals surface area contributed by atoms with Gasteiger partial charge < -0.3 is 9.26 Å². The number of alkyl halides is 2. The van der Waals surface area contributed by atoms with Crippen LogP contribution >= 0.6 is 11.5 Å². The number of benzene rings is 2. The predicted octanol–water partition coefficient (Wildman–Crippen LogP) is 4.71. The molecule has 0 aliphatic heterocycles. The van der Waals surface area contributed by atoms with Gasteiger partial charge in [-0.15, -0.1) is 0 Å². The van der Waals surface area contributed by atoms with Crippen LogP contribution < -0.4 is 10.1 Å². The van der Waals surface area contributed by atoms with Crippen molar-refractivity contribution in [3.05, 3.63) is 66.4 Å². The van der Waals surface area contributed by atoms with Gasteiger partial charge in [-0.25, -0.2) is 0 Å². The zero-order valence-corrected chi connectivity index (χ0v) is 15.4. The molecule has 0 spiro atoms. The number of hydrogen-bond donors (Lipinski definition) is 1. The Bertz CT molecular complexity index is 1110. The largest absolute Gasteiger partial charge is 0.435 e. The van der Waals surface area contributed by atoms with Crippen LogP contribution in [0.5, 0.6) is 5.75 Å². The van der Waals surface area contributed by atoms with Gasteiger partial charge in [-0.2, -0.15) is 18.1 Å². The van der Waals surface area contributed by atoms with Gasteiger partial charge >= 0.3 is 6.61 Å². The molecule has 146 valence electrons. The van der Waals surface area contributed by atoms with Crippen LogP contribution in [0.25, 0.3) is 22.7 Å². The molecule has 1 N–H and O–H groups in total. The Balaban J connectivity index is 1.44. The van der Waals surface area contributed by atoms with E-state index in [1.54, 1.807) is 12.1 Å². The molecule has 4 aromatic rings. The van der Waals surface area contributed by atoms with Gasteiger partial charge in [-0.3, -0.25) is 10.1 Å². The van der Waals surface area contributed by atoms with Gasteiger partial charge in [0.25, 0.3) is 5.91 Å². The van der Waals surface area contributed by atoms with E-state index in [2.05, 4.69) is 24.6 Å². The SMILES string of the molecule is O=C(Nc1nc(-c2ccc(OC(F)F)cc2)ns1)c1cc(-c2ccccc2)on1. The van der Waals surface area contributed by atoms with E-state index in [9.17, 15) is 13.6 Å². The van der Waals surface area contributed by atoms with E-state index in [4.69, 9.17) is 4.52 Å². The lowest BCUT2D eigenvalue weighted by molar-refractivity contribution is -0.0498. The van der Waals surface area contributed by atoms with E-state index >= 15 is 0 Å². The lowest BCUT2D eigenvalue weighted by Gasteiger charge is -2.03. The van der Waals surface area contributed by atoms with Gasteiger partial charge in [0.05, 0.1) is 0 Å². The molecule has 0 radical (unpaired) electrons. The van der Waals surface area contributed by atoms with Gasteiger partial charge in [0.2, 0.25) is 5.13 Å². The number of carbonyl (C=O) groups excluding carboxylic acids is 1. The summed E-state index contributed by atoms with van der Waals surface area (Å²) in [7, 11) is 0. The predicted molar refractivity (Wildman–Crippen MR) is 102 cm³/mol. The second kappa shape index (κ2) is 8.15. The van der Waals surface area contributed by atoms with Crippen molar-refractivity contribution in [2.45, 2.75) is 6.61 Å². The zero-order valence-electron chi connectivity index (χ0n) is 14.6. The first kappa shape index (κ1) is 18.7. The van der Waals surface area contributed by atoms with Crippen LogP contribution in [-0.4, -0.2) is 27.0 Å². The highest BCUT2D eigenvalue weighted by Crippen LogP contribution is 2.25. The molecular weight excluding hydrogens is 402 g/mol. The fourth-order valence-electron chi connectivity index (χ4n) is 2.46. The molecule has 29 heavy (non-hydrogen) atoms. The van der Waals surface area contributed by atoms with E-state index in [1.807, 2.05) is 30.3 Å². The number of nitrogens with one attached hydrogen (secondary N) is 1. The first-order chi connectivity index (χ1) is 14.1. The smallest absolute Gasteiger partial charge is 0.387 e. The molecule has 0 unspecified atom stereocenters. The quantitative estimate of drug-likeness (QED) is 0.491. The summed E-state index contributed by atoms with van der Waals surface area (Å²) in [5.74, 6) is 0.367. The van der Waals surface area contributed by atoms with Crippen molar-refractivity contribution >= 4 is 22.6 Å². The Kier molecular flexibility index (Phi) is 5.25. The molecular formula is C19H12F2N4O3S. The molecule has 0 fully saturated rings. The van der Waals surface area contributed by atoms with Gasteiger partial charge in [0.1, 0.15) is 5.75 Å². The van der Waals surface area contributed by atoms with Crippen LogP contribution in [0, 0.1) is 0 Å². The minimum atomic E-state index is -2.89. The number of anilines is 1. The molecule has 2 aromatic heterocycles. The summed E-state index contributed by atoms with van der Waals surface area (Å²) >= 11 is 0.983. The highest BCUT2D eigenvalue weighted by molar-refractivity contribution is 7.10. The Morgan fingerprint density at radius 2 is 1.83 bits per heavy atom. The first-order valence-electron chi connectivity index (χ1n) is 8.31. The van der Waals surface area contributed by atoms with Crippen LogP contribution in [0.1, 0.15) is 10.5 Å². The Morgan fingerprint density at radius 3 is 2.55 bits per heavy atom. The summed E-state index contributed by atoms with van der Waals surface area (Å²) in [6, 6.07) is 16.7. The highest BCUT2D eigenvalue weighted by atomic mass is 32.1. The maximum absolute atomic E-state index is 12.4. The van der Waals surface area contributed by atoms with Crippen LogP contribution in [0.3, 0.4) is 0 Å². The third-order valence-electron chi connectivity index (χ3n) is 3.79. The lowest BCUT2D eigenvalue weighted by Crippen LogP contribution is -2.11. The Morgan fingerprint density at radius 1 is 1.07 bits per heavy atom. The summed E-state index contributed by atoms with van der Waals surface area (Å²) in [6.07, 6.45) is 0. The number of hydrogen-bond acceptors (Lipinski definition) is 7. The van der Waals surface area contributed by atoms with E-state index in [0.29, 0.717) is 17.1 Å². The molecule has 4 rings (SSSR count). The molecule has 0 saturated heterocycles. The first-order valence-corrected chi connectivity index (χ1v) is 9.08. The molecule has 0 aliphatic carbocycles. The van der Waals surface area contributed by atoms with Crippen LogP contribution in [0.4, 0.5) is 13.9 Å². The number of amides is 1. The maximum Gasteiger partial charge on any atom is 0.387 e. The monoisotopic (exact) mass is 414 g/mol. The van der Waals surface area contributed by atoms with E-state index in [0.717, 1.165) is 17.1 Å². The van der Waals surface area contributed by atoms with Crippen LogP contribution in [-0.2, 0) is 0 Å². The molecule has 1 amide bonds. The van der Waals surface area contributed by atoms with E-state index in [-0.39, 0.29) is 16.6 Å². The average Bonchev–Trinajstić information content (AvgIpc) is 3.39. The van der Waals surface area contributed by atoms with E-state index in [1.165, 1.54) is 18.2 Å². The Labute approximate surface area is 167 Å². The summed E-state index contributed by atoms with van der Waals surface area (Å²) in [5.41, 5.74) is 1.50. The summed E-state index contributed by atoms with van der Waals surface area (Å²) < 4.78 is 38.1. The zero-order chi connectivity index (χ0) is 20.2. The average molecular weight is 414 g/mol. The van der Waals surface area contributed by atoms with Crippen molar-refractivity contribution in [1.82, 2.24) is 14.5 Å². The fourth-order valence-corrected chi connectivity index (χ4v) is 3.04. The molecule has 0 saturated carbocycles. The molecule has 0 bridgehead atoms. The number of carbonyl (C=O) groups is 1. The van der Waals surface area contributed by atoms with Gasteiger partial charge in [-0.1, -0.05) is 35.5 Å². The maximum atomic E-state index is 12.4. The lowest BCUT2D eigenvalue weighted by atomic mass is 10.1. The minimum absolute atomic E-state index is 0.0350. The standard InChI is InChI=1S/C19H12F2N4O3S/c20-18(21)27-13-8-6-12(7-9-13)16-22-19(29-25-16)23-17(26)14-10-15(28-24-14)11-4-2-1-3-5-11/h1-10,18H,(H,22,23,25,26). The number of aromatic nitrogens is 3. The van der Waals surface area contributed by atoms with Crippen molar-refractivity contribution in [1.29, 1.82) is 0 Å². The second-order valence-corrected chi connectivity index (χ2v) is 6.47. The number of nitrogens with zero attached hydrogens (tertiary/aromatic N) is 3. The normalized spacial score (nSPS) is 10.9. The molecule has 2 aromatic carbocycles. The van der Waals surface area contributed by atoms with Crippen molar-refractivity contribution in [2.75, 3.05) is 5.32 Å². The number of rotatable bonds is 6. The van der Waals surface area contributed by atoms with E-state index < -0.39 is 12.5 Å². The van der Waals surface area contributed by atoms with Crippen LogP contribution in [0.2, 0.25) is 0 Å². The van der Waals surface area contributed by atoms with Gasteiger partial charge in [0, 0.05) is 28.7 Å².